The van der Waals surface area contributed by atoms with Crippen LogP contribution in [0.5, 0.6) is 0 Å². The molecular formula is C24H31ClN6O4S. The van der Waals surface area contributed by atoms with Crippen LogP contribution in [0.2, 0.25) is 4.34 Å². The lowest BCUT2D eigenvalue weighted by atomic mass is 10.0. The van der Waals surface area contributed by atoms with Crippen molar-refractivity contribution in [3.8, 4) is 10.6 Å². The molecule has 12 heteroatoms. The highest BCUT2D eigenvalue weighted by Gasteiger charge is 2.26. The summed E-state index contributed by atoms with van der Waals surface area (Å²) < 4.78 is 7.73. The normalized spacial score (nSPS) is 14.9. The lowest BCUT2D eigenvalue weighted by Crippen LogP contribution is -2.47. The van der Waals surface area contributed by atoms with E-state index in [-0.39, 0.29) is 36.6 Å². The first-order valence-electron chi connectivity index (χ1n) is 12.1. The van der Waals surface area contributed by atoms with Crippen molar-refractivity contribution in [1.82, 2.24) is 30.2 Å². The van der Waals surface area contributed by atoms with Gasteiger partial charge >= 0.3 is 0 Å². The summed E-state index contributed by atoms with van der Waals surface area (Å²) >= 11 is 7.41. The third-order valence-electron chi connectivity index (χ3n) is 6.14. The van der Waals surface area contributed by atoms with Gasteiger partial charge in [-0.05, 0) is 45.2 Å². The molecule has 0 aromatic carbocycles. The maximum Gasteiger partial charge on any atom is 0.287 e. The van der Waals surface area contributed by atoms with Gasteiger partial charge in [0.25, 0.3) is 11.8 Å². The van der Waals surface area contributed by atoms with Gasteiger partial charge in [-0.15, -0.1) is 11.3 Å². The highest BCUT2D eigenvalue weighted by Crippen LogP contribution is 2.31. The van der Waals surface area contributed by atoms with Crippen molar-refractivity contribution in [3.05, 3.63) is 45.9 Å². The van der Waals surface area contributed by atoms with E-state index in [1.807, 2.05) is 6.07 Å². The van der Waals surface area contributed by atoms with Crippen LogP contribution >= 0.6 is 22.9 Å². The van der Waals surface area contributed by atoms with Crippen molar-refractivity contribution >= 4 is 34.8 Å². The van der Waals surface area contributed by atoms with E-state index in [0.29, 0.717) is 34.8 Å². The number of nitrogens with zero attached hydrogens (tertiary/aromatic N) is 4. The van der Waals surface area contributed by atoms with Crippen LogP contribution in [0.4, 0.5) is 0 Å². The number of hydrogen-bond donors (Lipinski definition) is 3. The Balaban J connectivity index is 1.51. The summed E-state index contributed by atoms with van der Waals surface area (Å²) in [6.07, 6.45) is 3.69. The van der Waals surface area contributed by atoms with E-state index in [9.17, 15) is 9.59 Å². The molecule has 194 valence electrons. The minimum Gasteiger partial charge on any atom is -0.396 e. The Hall–Kier alpha value is -2.73. The van der Waals surface area contributed by atoms with E-state index in [0.717, 1.165) is 30.8 Å². The Labute approximate surface area is 218 Å². The number of nitrogens with one attached hydrogen (secondary N) is 2. The standard InChI is InChI=1S/C24H31ClN6O4S/c1-15(2)30-9-6-16(7-10-30)27-24(34)22-28-18(23(33)26-8-3-11-32)14-31(22)13-17-12-19(35-29-17)20-4-5-21(25)36-20/h4-5,12,14-16,32H,3,6-11,13H2,1-2H3,(H,26,33)(H,27,34). The van der Waals surface area contributed by atoms with Gasteiger partial charge in [0, 0.05) is 50.6 Å². The highest BCUT2D eigenvalue weighted by atomic mass is 35.5. The largest absolute Gasteiger partial charge is 0.396 e. The number of thiophene rings is 1. The second kappa shape index (κ2) is 12.0. The van der Waals surface area contributed by atoms with Crippen LogP contribution in [-0.4, -0.2) is 74.9 Å². The van der Waals surface area contributed by atoms with E-state index in [1.54, 1.807) is 22.9 Å². The monoisotopic (exact) mass is 534 g/mol. The number of amides is 2. The first-order chi connectivity index (χ1) is 17.3. The molecule has 0 bridgehead atoms. The summed E-state index contributed by atoms with van der Waals surface area (Å²) in [5.74, 6) is -0.0269. The lowest BCUT2D eigenvalue weighted by molar-refractivity contribution is 0.0886. The first-order valence-corrected chi connectivity index (χ1v) is 13.3. The van der Waals surface area contributed by atoms with E-state index in [1.165, 1.54) is 11.3 Å². The van der Waals surface area contributed by atoms with Crippen LogP contribution in [0, 0.1) is 0 Å². The van der Waals surface area contributed by atoms with Crippen LogP contribution in [0.25, 0.3) is 10.6 Å². The van der Waals surface area contributed by atoms with Crippen LogP contribution in [0.15, 0.2) is 28.9 Å². The number of likely N-dealkylation sites (tertiary alicyclic amines) is 1. The molecule has 0 atom stereocenters. The molecular weight excluding hydrogens is 504 g/mol. The number of aromatic nitrogens is 3. The third-order valence-corrected chi connectivity index (χ3v) is 7.38. The van der Waals surface area contributed by atoms with Crippen molar-refractivity contribution in [3.63, 3.8) is 0 Å². The van der Waals surface area contributed by atoms with Gasteiger partial charge in [-0.1, -0.05) is 16.8 Å². The molecule has 1 aliphatic heterocycles. The summed E-state index contributed by atoms with van der Waals surface area (Å²) in [7, 11) is 0. The Morgan fingerprint density at radius 2 is 2.06 bits per heavy atom. The minimum atomic E-state index is -0.407. The summed E-state index contributed by atoms with van der Waals surface area (Å²) in [6, 6.07) is 5.95. The number of halogens is 1. The molecule has 3 aromatic heterocycles. The van der Waals surface area contributed by atoms with Crippen molar-refractivity contribution in [2.24, 2.45) is 0 Å². The Bertz CT molecular complexity index is 1180. The predicted molar refractivity (Wildman–Crippen MR) is 137 cm³/mol. The van der Waals surface area contributed by atoms with Gasteiger partial charge in [-0.2, -0.15) is 0 Å². The van der Waals surface area contributed by atoms with Gasteiger partial charge in [0.2, 0.25) is 0 Å². The molecule has 10 nitrogen and oxygen atoms in total. The fraction of sp³-hybridized carbons (Fsp3) is 0.500. The molecule has 4 heterocycles. The summed E-state index contributed by atoms with van der Waals surface area (Å²) in [5, 5.41) is 18.9. The molecule has 1 aliphatic rings. The molecule has 3 N–H and O–H groups in total. The Morgan fingerprint density at radius 3 is 2.72 bits per heavy atom. The number of piperidine rings is 1. The van der Waals surface area contributed by atoms with Gasteiger partial charge in [0.1, 0.15) is 11.4 Å². The fourth-order valence-electron chi connectivity index (χ4n) is 4.13. The molecule has 2 amide bonds. The third kappa shape index (κ3) is 6.52. The molecule has 3 aromatic rings. The number of carbonyl (C=O) groups excluding carboxylic acids is 2. The molecule has 1 fully saturated rings. The molecule has 0 spiro atoms. The topological polar surface area (TPSA) is 126 Å². The molecule has 36 heavy (non-hydrogen) atoms. The maximum absolute atomic E-state index is 13.2. The van der Waals surface area contributed by atoms with Gasteiger partial charge in [-0.3, -0.25) is 9.59 Å². The van der Waals surface area contributed by atoms with Gasteiger partial charge in [0.05, 0.1) is 15.8 Å². The zero-order chi connectivity index (χ0) is 25.7. The van der Waals surface area contributed by atoms with Crippen LogP contribution in [0.1, 0.15) is 59.9 Å². The van der Waals surface area contributed by atoms with Gasteiger partial charge in [-0.25, -0.2) is 4.98 Å². The molecule has 0 radical (unpaired) electrons. The van der Waals surface area contributed by atoms with Gasteiger partial charge < -0.3 is 29.7 Å². The average molecular weight is 535 g/mol. The molecule has 0 saturated carbocycles. The quantitative estimate of drug-likeness (QED) is 0.341. The minimum absolute atomic E-state index is 0.0258. The van der Waals surface area contributed by atoms with Crippen molar-refractivity contribution in [2.45, 2.75) is 51.7 Å². The highest BCUT2D eigenvalue weighted by molar-refractivity contribution is 7.19. The van der Waals surface area contributed by atoms with Crippen LogP contribution in [0.3, 0.4) is 0 Å². The zero-order valence-corrected chi connectivity index (χ0v) is 21.9. The molecule has 0 aliphatic carbocycles. The Morgan fingerprint density at radius 1 is 1.28 bits per heavy atom. The predicted octanol–water partition coefficient (Wildman–Crippen LogP) is 3.02. The van der Waals surface area contributed by atoms with Crippen molar-refractivity contribution < 1.29 is 19.2 Å². The van der Waals surface area contributed by atoms with Gasteiger partial charge in [0.15, 0.2) is 11.6 Å². The molecule has 1 saturated heterocycles. The Kier molecular flexibility index (Phi) is 8.78. The number of carbonyl (C=O) groups is 2. The lowest BCUT2D eigenvalue weighted by Gasteiger charge is -2.34. The summed E-state index contributed by atoms with van der Waals surface area (Å²) in [4.78, 5) is 33.4. The number of hydrogen-bond acceptors (Lipinski definition) is 8. The zero-order valence-electron chi connectivity index (χ0n) is 20.4. The number of rotatable bonds is 10. The van der Waals surface area contributed by atoms with Crippen LogP contribution < -0.4 is 10.6 Å². The number of aliphatic hydroxyl groups excluding tert-OH is 1. The number of imidazole rings is 1. The van der Waals surface area contributed by atoms with Crippen molar-refractivity contribution in [2.75, 3.05) is 26.2 Å². The first kappa shape index (κ1) is 26.3. The van der Waals surface area contributed by atoms with E-state index < -0.39 is 5.91 Å². The van der Waals surface area contributed by atoms with E-state index >= 15 is 0 Å². The van der Waals surface area contributed by atoms with E-state index in [2.05, 4.69) is 39.5 Å². The van der Waals surface area contributed by atoms with Crippen molar-refractivity contribution in [1.29, 1.82) is 0 Å². The average Bonchev–Trinajstić information content (AvgIpc) is 3.60. The molecule has 0 unspecified atom stereocenters. The summed E-state index contributed by atoms with van der Waals surface area (Å²) in [5.41, 5.74) is 0.708. The number of aliphatic hydroxyl groups is 1. The SMILES string of the molecule is CC(C)N1CCC(NC(=O)c2nc(C(=O)NCCCO)cn2Cc2cc(-c3ccc(Cl)s3)on2)CC1. The van der Waals surface area contributed by atoms with E-state index in [4.69, 9.17) is 21.2 Å². The maximum atomic E-state index is 13.2. The second-order valence-corrected chi connectivity index (χ2v) is 10.8. The second-order valence-electron chi connectivity index (χ2n) is 9.07. The summed E-state index contributed by atoms with van der Waals surface area (Å²) in [6.45, 7) is 6.68. The fourth-order valence-corrected chi connectivity index (χ4v) is 5.12. The molecule has 4 rings (SSSR count). The van der Waals surface area contributed by atoms with Crippen LogP contribution in [-0.2, 0) is 6.54 Å². The smallest absolute Gasteiger partial charge is 0.287 e.